The Kier molecular flexibility index (Phi) is 4.37. The molecule has 0 aromatic carbocycles. The van der Waals surface area contributed by atoms with Crippen LogP contribution >= 0.6 is 11.8 Å². The Balaban J connectivity index is 1.52. The molecule has 0 radical (unpaired) electrons. The predicted octanol–water partition coefficient (Wildman–Crippen LogP) is 2.21. The summed E-state index contributed by atoms with van der Waals surface area (Å²) < 4.78 is 5.26. The first kappa shape index (κ1) is 13.6. The zero-order valence-corrected chi connectivity index (χ0v) is 12.1. The van der Waals surface area contributed by atoms with Gasteiger partial charge < -0.3 is 15.2 Å². The van der Waals surface area contributed by atoms with Crippen LogP contribution in [0.4, 0.5) is 0 Å². The third-order valence-corrected chi connectivity index (χ3v) is 4.91. The summed E-state index contributed by atoms with van der Waals surface area (Å²) in [6, 6.07) is -0.284. The third kappa shape index (κ3) is 3.40. The lowest BCUT2D eigenvalue weighted by Crippen LogP contribution is -2.14. The van der Waals surface area contributed by atoms with Crippen LogP contribution in [0.5, 0.6) is 0 Å². The number of imidazole rings is 1. The minimum Gasteiger partial charge on any atom is -0.348 e. The molecule has 1 atom stereocenters. The van der Waals surface area contributed by atoms with Crippen molar-refractivity contribution in [3.63, 3.8) is 0 Å². The molecule has 2 aromatic heterocycles. The first-order valence-corrected chi connectivity index (χ1v) is 8.03. The van der Waals surface area contributed by atoms with Crippen molar-refractivity contribution in [2.45, 2.75) is 49.1 Å². The van der Waals surface area contributed by atoms with E-state index >= 15 is 0 Å². The highest BCUT2D eigenvalue weighted by Crippen LogP contribution is 2.31. The van der Waals surface area contributed by atoms with Crippen molar-refractivity contribution in [1.82, 2.24) is 20.1 Å². The van der Waals surface area contributed by atoms with Crippen molar-refractivity contribution in [2.24, 2.45) is 5.73 Å². The highest BCUT2D eigenvalue weighted by molar-refractivity contribution is 7.99. The molecule has 1 aliphatic carbocycles. The Labute approximate surface area is 121 Å². The zero-order valence-electron chi connectivity index (χ0n) is 11.3. The fourth-order valence-corrected chi connectivity index (χ4v) is 3.61. The first-order valence-electron chi connectivity index (χ1n) is 6.98. The number of H-pyrrole nitrogens is 1. The van der Waals surface area contributed by atoms with Crippen molar-refractivity contribution in [1.29, 1.82) is 0 Å². The minimum absolute atomic E-state index is 0.284. The first-order chi connectivity index (χ1) is 9.81. The van der Waals surface area contributed by atoms with Crippen LogP contribution in [0.2, 0.25) is 0 Å². The Morgan fingerprint density at radius 3 is 3.05 bits per heavy atom. The van der Waals surface area contributed by atoms with Gasteiger partial charge in [0.2, 0.25) is 5.89 Å². The molecule has 3 N–H and O–H groups in total. The molecule has 0 bridgehead atoms. The van der Waals surface area contributed by atoms with Gasteiger partial charge in [0.15, 0.2) is 5.82 Å². The predicted molar refractivity (Wildman–Crippen MR) is 77.1 cm³/mol. The number of nitrogens with two attached hydrogens (primary N) is 1. The van der Waals surface area contributed by atoms with E-state index in [0.29, 0.717) is 12.3 Å². The molecule has 0 amide bonds. The fourth-order valence-electron chi connectivity index (χ4n) is 2.44. The third-order valence-electron chi connectivity index (χ3n) is 3.55. The van der Waals surface area contributed by atoms with Crippen molar-refractivity contribution in [3.05, 3.63) is 29.9 Å². The number of rotatable bonds is 6. The number of aromatic amines is 1. The van der Waals surface area contributed by atoms with Crippen molar-refractivity contribution in [3.8, 4) is 0 Å². The summed E-state index contributed by atoms with van der Waals surface area (Å²) in [6.07, 6.45) is 9.35. The number of nitrogens with one attached hydrogen (secondary N) is 1. The Hall–Kier alpha value is -1.34. The molecular weight excluding hydrogens is 274 g/mol. The smallest absolute Gasteiger partial charge is 0.243 e. The molecule has 1 saturated carbocycles. The number of hydrogen-bond donors (Lipinski definition) is 2. The van der Waals surface area contributed by atoms with Crippen LogP contribution in [0, 0.1) is 0 Å². The molecule has 2 heterocycles. The van der Waals surface area contributed by atoms with Gasteiger partial charge in [0.25, 0.3) is 0 Å². The van der Waals surface area contributed by atoms with E-state index in [0.717, 1.165) is 22.5 Å². The Morgan fingerprint density at radius 2 is 2.30 bits per heavy atom. The van der Waals surface area contributed by atoms with Gasteiger partial charge in [-0.1, -0.05) is 18.0 Å². The molecule has 1 aliphatic rings. The summed E-state index contributed by atoms with van der Waals surface area (Å²) in [5.41, 5.74) is 7.04. The van der Waals surface area contributed by atoms with E-state index in [4.69, 9.17) is 10.3 Å². The lowest BCUT2D eigenvalue weighted by atomic mass is 10.2. The molecule has 1 unspecified atom stereocenters. The monoisotopic (exact) mass is 293 g/mol. The van der Waals surface area contributed by atoms with Gasteiger partial charge in [-0.05, 0) is 12.8 Å². The van der Waals surface area contributed by atoms with Crippen molar-refractivity contribution in [2.75, 3.05) is 0 Å². The van der Waals surface area contributed by atoms with Gasteiger partial charge in [-0.25, -0.2) is 4.98 Å². The molecule has 20 heavy (non-hydrogen) atoms. The summed E-state index contributed by atoms with van der Waals surface area (Å²) >= 11 is 1.93. The van der Waals surface area contributed by atoms with Crippen LogP contribution in [0.1, 0.15) is 49.1 Å². The van der Waals surface area contributed by atoms with E-state index in [2.05, 4.69) is 20.1 Å². The number of hydrogen-bond acceptors (Lipinski definition) is 6. The molecule has 1 fully saturated rings. The zero-order chi connectivity index (χ0) is 13.8. The maximum atomic E-state index is 6.07. The van der Waals surface area contributed by atoms with Crippen LogP contribution in [-0.4, -0.2) is 25.4 Å². The molecule has 7 heteroatoms. The molecule has 0 saturated heterocycles. The SMILES string of the molecule is NC(Cc1cnc[nH]1)c1nc(CSC2CCCC2)no1. The maximum absolute atomic E-state index is 6.07. The Bertz CT molecular complexity index is 521. The molecule has 0 spiro atoms. The van der Waals surface area contributed by atoms with E-state index in [1.807, 2.05) is 11.8 Å². The van der Waals surface area contributed by atoms with Crippen LogP contribution < -0.4 is 5.73 Å². The maximum Gasteiger partial charge on any atom is 0.243 e. The summed E-state index contributed by atoms with van der Waals surface area (Å²) in [7, 11) is 0. The molecule has 3 rings (SSSR count). The summed E-state index contributed by atoms with van der Waals surface area (Å²) in [5.74, 6) is 2.06. The fraction of sp³-hybridized carbons (Fsp3) is 0.615. The number of thioether (sulfide) groups is 1. The van der Waals surface area contributed by atoms with Gasteiger partial charge in [0.1, 0.15) is 0 Å². The van der Waals surface area contributed by atoms with Crippen LogP contribution in [0.25, 0.3) is 0 Å². The van der Waals surface area contributed by atoms with Gasteiger partial charge in [-0.15, -0.1) is 0 Å². The molecule has 0 aliphatic heterocycles. The lowest BCUT2D eigenvalue weighted by Gasteiger charge is -2.05. The van der Waals surface area contributed by atoms with E-state index in [-0.39, 0.29) is 6.04 Å². The van der Waals surface area contributed by atoms with E-state index in [1.165, 1.54) is 25.7 Å². The van der Waals surface area contributed by atoms with E-state index in [1.54, 1.807) is 12.5 Å². The van der Waals surface area contributed by atoms with Gasteiger partial charge in [-0.2, -0.15) is 16.7 Å². The second kappa shape index (κ2) is 6.41. The van der Waals surface area contributed by atoms with Gasteiger partial charge in [0.05, 0.1) is 18.1 Å². The summed E-state index contributed by atoms with van der Waals surface area (Å²) in [5, 5.41) is 4.77. The van der Waals surface area contributed by atoms with Crippen LogP contribution in [-0.2, 0) is 12.2 Å². The second-order valence-electron chi connectivity index (χ2n) is 5.15. The average Bonchev–Trinajstić information content (AvgIpc) is 3.19. The number of nitrogens with zero attached hydrogens (tertiary/aromatic N) is 3. The largest absolute Gasteiger partial charge is 0.348 e. The highest BCUT2D eigenvalue weighted by Gasteiger charge is 2.19. The van der Waals surface area contributed by atoms with Gasteiger partial charge in [0, 0.05) is 23.6 Å². The van der Waals surface area contributed by atoms with E-state index in [9.17, 15) is 0 Å². The molecule has 6 nitrogen and oxygen atoms in total. The highest BCUT2D eigenvalue weighted by atomic mass is 32.2. The molecule has 2 aromatic rings. The van der Waals surface area contributed by atoms with Crippen LogP contribution in [0.15, 0.2) is 17.0 Å². The minimum atomic E-state index is -0.284. The molecular formula is C13H19N5OS. The summed E-state index contributed by atoms with van der Waals surface area (Å²) in [6.45, 7) is 0. The second-order valence-corrected chi connectivity index (χ2v) is 6.44. The topological polar surface area (TPSA) is 93.6 Å². The lowest BCUT2D eigenvalue weighted by molar-refractivity contribution is 0.350. The van der Waals surface area contributed by atoms with Crippen LogP contribution in [0.3, 0.4) is 0 Å². The average molecular weight is 293 g/mol. The quantitative estimate of drug-likeness (QED) is 0.848. The Morgan fingerprint density at radius 1 is 1.45 bits per heavy atom. The number of aromatic nitrogens is 4. The van der Waals surface area contributed by atoms with Gasteiger partial charge >= 0.3 is 0 Å². The van der Waals surface area contributed by atoms with E-state index < -0.39 is 0 Å². The van der Waals surface area contributed by atoms with Crippen molar-refractivity contribution >= 4 is 11.8 Å². The van der Waals surface area contributed by atoms with Gasteiger partial charge in [-0.3, -0.25) is 0 Å². The standard InChI is InChI=1S/C13H19N5OS/c14-11(5-9-6-15-8-16-9)13-17-12(18-19-13)7-20-10-3-1-2-4-10/h6,8,10-11H,1-5,7,14H2,(H,15,16). The summed E-state index contributed by atoms with van der Waals surface area (Å²) in [4.78, 5) is 11.4. The normalized spacial score (nSPS) is 17.6. The van der Waals surface area contributed by atoms with Crippen molar-refractivity contribution < 1.29 is 4.52 Å². The molecule has 108 valence electrons.